The Kier molecular flexibility index (Phi) is 4.63. The molecule has 3 saturated carbocycles. The number of fused-ring (bicyclic) bond motifs is 5. The largest absolute Gasteiger partial charge is 0.458 e. The first kappa shape index (κ1) is 19.5. The van der Waals surface area contributed by atoms with Crippen LogP contribution in [0.15, 0.2) is 11.6 Å². The zero-order valence-corrected chi connectivity index (χ0v) is 17.1. The number of ether oxygens (including phenoxy) is 1. The normalized spacial score (nSPS) is 42.2. The summed E-state index contributed by atoms with van der Waals surface area (Å²) in [6, 6.07) is 0. The van der Waals surface area contributed by atoms with E-state index in [-0.39, 0.29) is 52.5 Å². The Hall–Kier alpha value is -1.78. The van der Waals surface area contributed by atoms with E-state index >= 15 is 0 Å². The molecule has 0 aliphatic heterocycles. The van der Waals surface area contributed by atoms with Gasteiger partial charge in [0, 0.05) is 31.6 Å². The molecule has 6 atom stereocenters. The second kappa shape index (κ2) is 6.64. The average molecular weight is 386 g/mol. The van der Waals surface area contributed by atoms with Gasteiger partial charge in [-0.15, -0.1) is 0 Å². The molecule has 0 bridgehead atoms. The van der Waals surface area contributed by atoms with E-state index in [1.165, 1.54) is 12.5 Å². The summed E-state index contributed by atoms with van der Waals surface area (Å²) >= 11 is 0. The highest BCUT2D eigenvalue weighted by Crippen LogP contribution is 2.65. The Morgan fingerprint density at radius 1 is 1.14 bits per heavy atom. The van der Waals surface area contributed by atoms with Crippen LogP contribution in [0.1, 0.15) is 65.7 Å². The lowest BCUT2D eigenvalue weighted by molar-refractivity contribution is -0.153. The molecule has 152 valence electrons. The van der Waals surface area contributed by atoms with Gasteiger partial charge in [-0.1, -0.05) is 19.4 Å². The Labute approximate surface area is 166 Å². The number of carbonyl (C=O) groups excluding carboxylic acids is 4. The van der Waals surface area contributed by atoms with E-state index in [2.05, 4.69) is 13.8 Å². The number of esters is 1. The number of Topliss-reactive ketones (excluding diaryl/α,β-unsaturated/α-hetero) is 2. The van der Waals surface area contributed by atoms with Crippen LogP contribution in [0.5, 0.6) is 0 Å². The average Bonchev–Trinajstić information content (AvgIpc) is 2.96. The molecule has 0 radical (unpaired) electrons. The predicted molar refractivity (Wildman–Crippen MR) is 102 cm³/mol. The summed E-state index contributed by atoms with van der Waals surface area (Å²) < 4.78 is 4.96. The molecule has 0 saturated heterocycles. The zero-order valence-electron chi connectivity index (χ0n) is 17.1. The van der Waals surface area contributed by atoms with Crippen molar-refractivity contribution in [3.63, 3.8) is 0 Å². The third kappa shape index (κ3) is 2.81. The molecular formula is C23H30O5. The van der Waals surface area contributed by atoms with Crippen LogP contribution in [0, 0.1) is 34.5 Å². The van der Waals surface area contributed by atoms with Crippen molar-refractivity contribution >= 4 is 23.3 Å². The summed E-state index contributed by atoms with van der Waals surface area (Å²) in [5.74, 6) is 0.358. The molecule has 0 heterocycles. The van der Waals surface area contributed by atoms with Gasteiger partial charge in [0.05, 0.1) is 0 Å². The van der Waals surface area contributed by atoms with Crippen LogP contribution in [0.2, 0.25) is 0 Å². The molecule has 0 aromatic carbocycles. The fourth-order valence-corrected chi connectivity index (χ4v) is 7.19. The molecule has 4 rings (SSSR count). The molecule has 4 aliphatic rings. The summed E-state index contributed by atoms with van der Waals surface area (Å²) in [6.45, 7) is 5.41. The van der Waals surface area contributed by atoms with Gasteiger partial charge in [0.25, 0.3) is 0 Å². The predicted octanol–water partition coefficient (Wildman–Crippen LogP) is 3.45. The van der Waals surface area contributed by atoms with Gasteiger partial charge in [0.1, 0.15) is 12.4 Å². The highest BCUT2D eigenvalue weighted by Gasteiger charge is 2.63. The summed E-state index contributed by atoms with van der Waals surface area (Å²) in [5.41, 5.74) is 0.634. The summed E-state index contributed by atoms with van der Waals surface area (Å²) in [5, 5.41) is 0. The van der Waals surface area contributed by atoms with Gasteiger partial charge in [-0.05, 0) is 60.8 Å². The van der Waals surface area contributed by atoms with Crippen molar-refractivity contribution in [1.29, 1.82) is 0 Å². The fourth-order valence-electron chi connectivity index (χ4n) is 7.19. The van der Waals surface area contributed by atoms with Crippen molar-refractivity contribution in [1.82, 2.24) is 0 Å². The van der Waals surface area contributed by atoms with Crippen LogP contribution in [-0.4, -0.2) is 29.9 Å². The molecule has 4 aliphatic carbocycles. The van der Waals surface area contributed by atoms with Gasteiger partial charge in [0.15, 0.2) is 11.6 Å². The molecule has 0 aromatic rings. The summed E-state index contributed by atoms with van der Waals surface area (Å²) in [7, 11) is 0. The third-order valence-corrected chi connectivity index (χ3v) is 8.46. The van der Waals surface area contributed by atoms with E-state index in [0.29, 0.717) is 18.8 Å². The molecule has 6 unspecified atom stereocenters. The molecule has 3 fully saturated rings. The van der Waals surface area contributed by atoms with Crippen molar-refractivity contribution in [2.45, 2.75) is 65.7 Å². The highest BCUT2D eigenvalue weighted by molar-refractivity contribution is 5.93. The Morgan fingerprint density at radius 3 is 2.61 bits per heavy atom. The summed E-state index contributed by atoms with van der Waals surface area (Å²) in [4.78, 5) is 49.2. The maximum absolute atomic E-state index is 13.4. The molecule has 0 aromatic heterocycles. The van der Waals surface area contributed by atoms with Gasteiger partial charge in [-0.2, -0.15) is 0 Å². The number of ketones is 3. The van der Waals surface area contributed by atoms with E-state index in [0.717, 1.165) is 32.1 Å². The van der Waals surface area contributed by atoms with Crippen molar-refractivity contribution in [3.8, 4) is 0 Å². The monoisotopic (exact) mass is 386 g/mol. The van der Waals surface area contributed by atoms with E-state index in [1.54, 1.807) is 6.08 Å². The molecule has 28 heavy (non-hydrogen) atoms. The lowest BCUT2D eigenvalue weighted by atomic mass is 9.46. The van der Waals surface area contributed by atoms with Crippen LogP contribution < -0.4 is 0 Å². The van der Waals surface area contributed by atoms with Crippen LogP contribution >= 0.6 is 0 Å². The van der Waals surface area contributed by atoms with Crippen LogP contribution in [0.25, 0.3) is 0 Å². The standard InChI is InChI=1S/C23H30O5/c1-13(24)28-12-20(27)18-7-6-17-16-5-4-14-10-15(25)8-9-22(14,2)21(16)19(26)11-23(17,18)3/h10,16-18,21H,4-9,11-12H2,1-3H3. The van der Waals surface area contributed by atoms with Crippen LogP contribution in [0.4, 0.5) is 0 Å². The van der Waals surface area contributed by atoms with Gasteiger partial charge >= 0.3 is 5.97 Å². The number of hydrogen-bond donors (Lipinski definition) is 0. The second-order valence-electron chi connectivity index (χ2n) is 9.87. The zero-order chi connectivity index (χ0) is 20.3. The molecule has 0 N–H and O–H groups in total. The van der Waals surface area contributed by atoms with Crippen molar-refractivity contribution in [3.05, 3.63) is 11.6 Å². The smallest absolute Gasteiger partial charge is 0.303 e. The highest BCUT2D eigenvalue weighted by atomic mass is 16.5. The third-order valence-electron chi connectivity index (χ3n) is 8.46. The van der Waals surface area contributed by atoms with Crippen molar-refractivity contribution in [2.24, 2.45) is 34.5 Å². The Morgan fingerprint density at radius 2 is 1.89 bits per heavy atom. The summed E-state index contributed by atoms with van der Waals surface area (Å²) in [6.07, 6.45) is 7.06. The number of carbonyl (C=O) groups is 4. The van der Waals surface area contributed by atoms with Crippen LogP contribution in [0.3, 0.4) is 0 Å². The van der Waals surface area contributed by atoms with Crippen molar-refractivity contribution in [2.75, 3.05) is 6.61 Å². The minimum absolute atomic E-state index is 0.0269. The fraction of sp³-hybridized carbons (Fsp3) is 0.739. The number of rotatable bonds is 3. The topological polar surface area (TPSA) is 77.5 Å². The Bertz CT molecular complexity index is 780. The molecular weight excluding hydrogens is 356 g/mol. The van der Waals surface area contributed by atoms with Crippen molar-refractivity contribution < 1.29 is 23.9 Å². The molecule has 0 spiro atoms. The maximum Gasteiger partial charge on any atom is 0.303 e. The van der Waals surface area contributed by atoms with Gasteiger partial charge in [-0.3, -0.25) is 19.2 Å². The van der Waals surface area contributed by atoms with Gasteiger partial charge in [0.2, 0.25) is 0 Å². The molecule has 0 amide bonds. The number of hydrogen-bond acceptors (Lipinski definition) is 5. The van der Waals surface area contributed by atoms with E-state index in [4.69, 9.17) is 4.74 Å². The minimum atomic E-state index is -0.445. The van der Waals surface area contributed by atoms with E-state index in [9.17, 15) is 19.2 Å². The minimum Gasteiger partial charge on any atom is -0.458 e. The Balaban J connectivity index is 1.62. The molecule has 5 heteroatoms. The van der Waals surface area contributed by atoms with Crippen LogP contribution in [-0.2, 0) is 23.9 Å². The lowest BCUT2D eigenvalue weighted by Gasteiger charge is -2.56. The van der Waals surface area contributed by atoms with Gasteiger partial charge < -0.3 is 4.74 Å². The van der Waals surface area contributed by atoms with E-state index < -0.39 is 5.97 Å². The SMILES string of the molecule is CC(=O)OCC(=O)C1CCC2C3CCC4=CC(=O)CCC4(C)C3C(=O)CC12C. The first-order chi connectivity index (χ1) is 13.2. The molecule has 5 nitrogen and oxygen atoms in total. The number of allylic oxidation sites excluding steroid dienone is 1. The second-order valence-corrected chi connectivity index (χ2v) is 9.87. The maximum atomic E-state index is 13.4. The lowest BCUT2D eigenvalue weighted by Crippen LogP contribution is -2.55. The van der Waals surface area contributed by atoms with Gasteiger partial charge in [-0.25, -0.2) is 0 Å². The quantitative estimate of drug-likeness (QED) is 0.694. The first-order valence-corrected chi connectivity index (χ1v) is 10.6. The first-order valence-electron chi connectivity index (χ1n) is 10.6. The van der Waals surface area contributed by atoms with E-state index in [1.807, 2.05) is 0 Å².